The Hall–Kier alpha value is -1.60. The van der Waals surface area contributed by atoms with Gasteiger partial charge < -0.3 is 9.64 Å². The quantitative estimate of drug-likeness (QED) is 0.493. The van der Waals surface area contributed by atoms with E-state index in [4.69, 9.17) is 9.73 Å². The molecule has 1 aromatic carbocycles. The van der Waals surface area contributed by atoms with Crippen molar-refractivity contribution in [3.63, 3.8) is 0 Å². The van der Waals surface area contributed by atoms with Crippen molar-refractivity contribution in [3.8, 4) is 0 Å². The molecule has 1 aliphatic rings. The van der Waals surface area contributed by atoms with Crippen LogP contribution in [0.25, 0.3) is 0 Å². The van der Waals surface area contributed by atoms with E-state index in [1.165, 1.54) is 6.07 Å². The highest BCUT2D eigenvalue weighted by Crippen LogP contribution is 2.33. The van der Waals surface area contributed by atoms with Gasteiger partial charge in [0.15, 0.2) is 5.17 Å². The van der Waals surface area contributed by atoms with E-state index < -0.39 is 0 Å². The Morgan fingerprint density at radius 3 is 2.56 bits per heavy atom. The molecule has 0 unspecified atom stereocenters. The molecule has 2 atom stereocenters. The molecular formula is C20H31N3O3S. The molecule has 6 nitrogen and oxygen atoms in total. The number of rotatable bonds is 6. The van der Waals surface area contributed by atoms with Crippen LogP contribution >= 0.6 is 11.8 Å². The molecule has 0 bridgehead atoms. The maximum atomic E-state index is 11.0. The Labute approximate surface area is 166 Å². The minimum absolute atomic E-state index is 0.0851. The number of nitro benzene ring substituents is 1. The second-order valence-electron chi connectivity index (χ2n) is 8.48. The zero-order valence-corrected chi connectivity index (χ0v) is 18.2. The highest BCUT2D eigenvalue weighted by atomic mass is 32.2. The number of ether oxygens (including phenoxy) is 1. The Morgan fingerprint density at radius 1 is 1.37 bits per heavy atom. The van der Waals surface area contributed by atoms with E-state index in [2.05, 4.69) is 46.4 Å². The molecule has 1 fully saturated rings. The van der Waals surface area contributed by atoms with Gasteiger partial charge in [0, 0.05) is 24.4 Å². The maximum Gasteiger partial charge on any atom is 0.269 e. The minimum Gasteiger partial charge on any atom is -0.371 e. The zero-order chi connectivity index (χ0) is 20.4. The molecule has 0 spiro atoms. The van der Waals surface area contributed by atoms with E-state index in [9.17, 15) is 10.1 Å². The standard InChI is InChI=1S/C20H31N3O3S/c1-13(2)11-22-18(15(4)26-20(5,6)7)12-27-19(22)21-17-9-8-16(23(24)25)10-14(17)3/h8-10,13,15,18H,11-12H2,1-7H3/t15-,18+/m1/s1. The lowest BCUT2D eigenvalue weighted by atomic mass is 10.1. The van der Waals surface area contributed by atoms with Crippen molar-refractivity contribution >= 4 is 28.3 Å². The van der Waals surface area contributed by atoms with Crippen molar-refractivity contribution in [2.24, 2.45) is 10.9 Å². The van der Waals surface area contributed by atoms with Crippen LogP contribution in [0.2, 0.25) is 0 Å². The fourth-order valence-corrected chi connectivity index (χ4v) is 4.49. The van der Waals surface area contributed by atoms with Crippen molar-refractivity contribution in [2.45, 2.75) is 66.2 Å². The van der Waals surface area contributed by atoms with E-state index in [-0.39, 0.29) is 28.4 Å². The van der Waals surface area contributed by atoms with Gasteiger partial charge in [-0.2, -0.15) is 0 Å². The number of non-ortho nitro benzene ring substituents is 1. The lowest BCUT2D eigenvalue weighted by molar-refractivity contribution is -0.384. The van der Waals surface area contributed by atoms with E-state index >= 15 is 0 Å². The van der Waals surface area contributed by atoms with E-state index in [0.29, 0.717) is 5.92 Å². The first kappa shape index (κ1) is 21.7. The number of aryl methyl sites for hydroxylation is 1. The first-order valence-corrected chi connectivity index (χ1v) is 10.4. The molecule has 1 aliphatic heterocycles. The molecule has 27 heavy (non-hydrogen) atoms. The van der Waals surface area contributed by atoms with Crippen molar-refractivity contribution in [3.05, 3.63) is 33.9 Å². The first-order valence-electron chi connectivity index (χ1n) is 9.39. The van der Waals surface area contributed by atoms with Gasteiger partial charge >= 0.3 is 0 Å². The summed E-state index contributed by atoms with van der Waals surface area (Å²) in [6, 6.07) is 5.08. The number of hydrogen-bond acceptors (Lipinski definition) is 5. The summed E-state index contributed by atoms with van der Waals surface area (Å²) in [5, 5.41) is 11.9. The number of nitro groups is 1. The first-order chi connectivity index (χ1) is 12.5. The Morgan fingerprint density at radius 2 is 2.04 bits per heavy atom. The molecule has 0 aliphatic carbocycles. The number of nitrogens with zero attached hydrogens (tertiary/aromatic N) is 3. The number of aliphatic imine (C=N–C) groups is 1. The molecule has 1 aromatic rings. The van der Waals surface area contributed by atoms with Crippen LogP contribution in [-0.2, 0) is 4.74 Å². The van der Waals surface area contributed by atoms with E-state index in [1.54, 1.807) is 23.9 Å². The van der Waals surface area contributed by atoms with Crippen LogP contribution in [0.4, 0.5) is 11.4 Å². The number of benzene rings is 1. The second kappa shape index (κ2) is 8.61. The van der Waals surface area contributed by atoms with Crippen LogP contribution in [-0.4, -0.2) is 45.0 Å². The number of thioether (sulfide) groups is 1. The van der Waals surface area contributed by atoms with Gasteiger partial charge in [0.1, 0.15) is 0 Å². The molecule has 0 N–H and O–H groups in total. The zero-order valence-electron chi connectivity index (χ0n) is 17.4. The van der Waals surface area contributed by atoms with Crippen LogP contribution < -0.4 is 0 Å². The fraction of sp³-hybridized carbons (Fsp3) is 0.650. The average molecular weight is 394 g/mol. The van der Waals surface area contributed by atoms with E-state index in [1.807, 2.05) is 6.92 Å². The summed E-state index contributed by atoms with van der Waals surface area (Å²) >= 11 is 1.73. The molecule has 2 rings (SSSR count). The van der Waals surface area contributed by atoms with Gasteiger partial charge in [-0.25, -0.2) is 4.99 Å². The number of amidine groups is 1. The molecule has 0 saturated carbocycles. The highest BCUT2D eigenvalue weighted by molar-refractivity contribution is 8.14. The van der Waals surface area contributed by atoms with Crippen molar-refractivity contribution < 1.29 is 9.66 Å². The molecule has 1 saturated heterocycles. The van der Waals surface area contributed by atoms with Crippen LogP contribution in [0, 0.1) is 23.0 Å². The molecule has 0 amide bonds. The monoisotopic (exact) mass is 393 g/mol. The molecule has 1 heterocycles. The van der Waals surface area contributed by atoms with Gasteiger partial charge in [-0.3, -0.25) is 10.1 Å². The van der Waals surface area contributed by atoms with Crippen LogP contribution in [0.3, 0.4) is 0 Å². The summed E-state index contributed by atoms with van der Waals surface area (Å²) in [6.45, 7) is 15.5. The van der Waals surface area contributed by atoms with Crippen LogP contribution in [0.5, 0.6) is 0 Å². The summed E-state index contributed by atoms with van der Waals surface area (Å²) in [6.07, 6.45) is 0.0851. The van der Waals surface area contributed by atoms with Crippen molar-refractivity contribution in [1.82, 2.24) is 4.90 Å². The van der Waals surface area contributed by atoms with Gasteiger partial charge in [-0.05, 0) is 52.2 Å². The Bertz CT molecular complexity index is 713. The third kappa shape index (κ3) is 5.94. The summed E-state index contributed by atoms with van der Waals surface area (Å²) in [5.41, 5.74) is 1.49. The van der Waals surface area contributed by atoms with Crippen LogP contribution in [0.15, 0.2) is 23.2 Å². The summed E-state index contributed by atoms with van der Waals surface area (Å²) in [5.74, 6) is 1.42. The number of hydrogen-bond donors (Lipinski definition) is 0. The second-order valence-corrected chi connectivity index (χ2v) is 9.47. The van der Waals surface area contributed by atoms with Gasteiger partial charge in [-0.15, -0.1) is 0 Å². The lowest BCUT2D eigenvalue weighted by Crippen LogP contribution is -2.46. The largest absolute Gasteiger partial charge is 0.371 e. The molecule has 150 valence electrons. The lowest BCUT2D eigenvalue weighted by Gasteiger charge is -2.35. The van der Waals surface area contributed by atoms with Gasteiger partial charge in [0.25, 0.3) is 5.69 Å². The normalized spacial score (nSPS) is 20.5. The third-order valence-corrected chi connectivity index (χ3v) is 5.37. The molecule has 7 heteroatoms. The van der Waals surface area contributed by atoms with E-state index in [0.717, 1.165) is 28.7 Å². The van der Waals surface area contributed by atoms with Crippen LogP contribution in [0.1, 0.15) is 47.1 Å². The maximum absolute atomic E-state index is 11.0. The molecular weight excluding hydrogens is 362 g/mol. The summed E-state index contributed by atoms with van der Waals surface area (Å²) in [7, 11) is 0. The summed E-state index contributed by atoms with van der Waals surface area (Å²) < 4.78 is 6.21. The highest BCUT2D eigenvalue weighted by Gasteiger charge is 2.36. The van der Waals surface area contributed by atoms with Gasteiger partial charge in [-0.1, -0.05) is 25.6 Å². The SMILES string of the molecule is Cc1cc([N+](=O)[O-])ccc1N=C1SC[C@@H]([C@@H](C)OC(C)(C)C)N1CC(C)C. The predicted molar refractivity (Wildman–Crippen MR) is 113 cm³/mol. The average Bonchev–Trinajstić information content (AvgIpc) is 2.89. The van der Waals surface area contributed by atoms with Crippen molar-refractivity contribution in [1.29, 1.82) is 0 Å². The predicted octanol–water partition coefficient (Wildman–Crippen LogP) is 5.17. The Kier molecular flexibility index (Phi) is 6.92. The fourth-order valence-electron chi connectivity index (χ4n) is 3.18. The minimum atomic E-state index is -0.374. The van der Waals surface area contributed by atoms with Gasteiger partial charge in [0.2, 0.25) is 0 Å². The Balaban J connectivity index is 2.29. The van der Waals surface area contributed by atoms with Gasteiger partial charge in [0.05, 0.1) is 28.4 Å². The van der Waals surface area contributed by atoms with Crippen molar-refractivity contribution in [2.75, 3.05) is 12.3 Å². The molecule has 0 aromatic heterocycles. The summed E-state index contributed by atoms with van der Waals surface area (Å²) in [4.78, 5) is 17.8. The topological polar surface area (TPSA) is 68.0 Å². The smallest absolute Gasteiger partial charge is 0.269 e. The molecule has 0 radical (unpaired) electrons. The third-order valence-electron chi connectivity index (χ3n) is 4.28.